The maximum absolute atomic E-state index is 11.3. The zero-order valence-electron chi connectivity index (χ0n) is 7.95. The summed E-state index contributed by atoms with van der Waals surface area (Å²) in [6.45, 7) is 2.45. The monoisotopic (exact) mass is 198 g/mol. The first-order valence-electron chi connectivity index (χ1n) is 4.86. The van der Waals surface area contributed by atoms with Gasteiger partial charge >= 0.3 is 5.97 Å². The first-order valence-corrected chi connectivity index (χ1v) is 4.86. The fourth-order valence-electron chi connectivity index (χ4n) is 1.99. The van der Waals surface area contributed by atoms with Gasteiger partial charge in [-0.25, -0.2) is 0 Å². The number of rotatable bonds is 2. The highest BCUT2D eigenvalue weighted by Crippen LogP contribution is 2.32. The van der Waals surface area contributed by atoms with Gasteiger partial charge in [0.15, 0.2) is 0 Å². The van der Waals surface area contributed by atoms with Gasteiger partial charge in [-0.15, -0.1) is 0 Å². The van der Waals surface area contributed by atoms with Crippen LogP contribution in [0.1, 0.15) is 12.8 Å². The standard InChI is InChI=1S/C9H14N2O3/c12-8(13)9(1-5-14-6-2-9)7-10-3-4-11-7/h1-6H2,(H,10,11)(H,12,13). The highest BCUT2D eigenvalue weighted by Gasteiger charge is 2.45. The van der Waals surface area contributed by atoms with Crippen LogP contribution in [-0.4, -0.2) is 43.2 Å². The number of ether oxygens (including phenoxy) is 1. The maximum Gasteiger partial charge on any atom is 0.317 e. The minimum atomic E-state index is -0.811. The fraction of sp³-hybridized carbons (Fsp3) is 0.778. The largest absolute Gasteiger partial charge is 0.480 e. The van der Waals surface area contributed by atoms with E-state index in [0.29, 0.717) is 38.4 Å². The summed E-state index contributed by atoms with van der Waals surface area (Å²) in [7, 11) is 0. The molecule has 0 aromatic heterocycles. The Kier molecular flexibility index (Phi) is 2.41. The third-order valence-electron chi connectivity index (χ3n) is 2.88. The van der Waals surface area contributed by atoms with Crippen LogP contribution in [0.5, 0.6) is 0 Å². The van der Waals surface area contributed by atoms with E-state index in [4.69, 9.17) is 4.74 Å². The molecular formula is C9H14N2O3. The van der Waals surface area contributed by atoms with Crippen molar-refractivity contribution >= 4 is 11.8 Å². The van der Waals surface area contributed by atoms with E-state index < -0.39 is 11.4 Å². The Balaban J connectivity index is 2.24. The highest BCUT2D eigenvalue weighted by atomic mass is 16.5. The molecule has 0 radical (unpaired) electrons. The lowest BCUT2D eigenvalue weighted by atomic mass is 9.79. The van der Waals surface area contributed by atoms with E-state index in [1.807, 2.05) is 0 Å². The number of aliphatic carboxylic acids is 1. The second-order valence-corrected chi connectivity index (χ2v) is 3.66. The SMILES string of the molecule is O=C(O)C1(C2=NCCN2)CCOCC1. The molecule has 2 heterocycles. The van der Waals surface area contributed by atoms with Gasteiger partial charge in [0.05, 0.1) is 6.54 Å². The first-order chi connectivity index (χ1) is 6.76. The van der Waals surface area contributed by atoms with Crippen molar-refractivity contribution in [3.05, 3.63) is 0 Å². The molecule has 1 fully saturated rings. The van der Waals surface area contributed by atoms with Crippen LogP contribution < -0.4 is 5.32 Å². The molecule has 0 atom stereocenters. The number of carboxylic acid groups (broad SMARTS) is 1. The van der Waals surface area contributed by atoms with E-state index in [2.05, 4.69) is 10.3 Å². The molecule has 0 aromatic carbocycles. The van der Waals surface area contributed by atoms with E-state index in [1.54, 1.807) is 0 Å². The van der Waals surface area contributed by atoms with E-state index in [0.717, 1.165) is 6.54 Å². The lowest BCUT2D eigenvalue weighted by Crippen LogP contribution is -2.48. The summed E-state index contributed by atoms with van der Waals surface area (Å²) in [6, 6.07) is 0. The Hall–Kier alpha value is -1.10. The number of nitrogens with one attached hydrogen (secondary N) is 1. The molecule has 0 aromatic rings. The summed E-state index contributed by atoms with van der Waals surface area (Å²) in [6.07, 6.45) is 1.04. The van der Waals surface area contributed by atoms with Crippen LogP contribution >= 0.6 is 0 Å². The van der Waals surface area contributed by atoms with Gasteiger partial charge in [0.25, 0.3) is 0 Å². The Labute approximate surface area is 82.2 Å². The van der Waals surface area contributed by atoms with Crippen molar-refractivity contribution in [1.29, 1.82) is 0 Å². The predicted molar refractivity (Wildman–Crippen MR) is 50.4 cm³/mol. The molecule has 5 heteroatoms. The molecule has 0 bridgehead atoms. The van der Waals surface area contributed by atoms with Crippen molar-refractivity contribution in [3.63, 3.8) is 0 Å². The Morgan fingerprint density at radius 2 is 2.21 bits per heavy atom. The lowest BCUT2D eigenvalue weighted by Gasteiger charge is -2.32. The molecule has 2 N–H and O–H groups in total. The molecule has 14 heavy (non-hydrogen) atoms. The van der Waals surface area contributed by atoms with Crippen LogP contribution in [-0.2, 0) is 9.53 Å². The number of hydrogen-bond donors (Lipinski definition) is 2. The van der Waals surface area contributed by atoms with Gasteiger partial charge in [0.1, 0.15) is 11.3 Å². The molecule has 2 aliphatic heterocycles. The van der Waals surface area contributed by atoms with Gasteiger partial charge in [0.2, 0.25) is 0 Å². The van der Waals surface area contributed by atoms with Crippen molar-refractivity contribution in [1.82, 2.24) is 5.32 Å². The molecule has 1 saturated heterocycles. The average molecular weight is 198 g/mol. The summed E-state index contributed by atoms with van der Waals surface area (Å²) in [5.74, 6) is -0.137. The molecular weight excluding hydrogens is 184 g/mol. The zero-order chi connectivity index (χ0) is 10.0. The van der Waals surface area contributed by atoms with E-state index >= 15 is 0 Å². The zero-order valence-corrected chi connectivity index (χ0v) is 7.95. The van der Waals surface area contributed by atoms with Gasteiger partial charge < -0.3 is 15.2 Å². The second-order valence-electron chi connectivity index (χ2n) is 3.66. The number of carboxylic acids is 1. The Morgan fingerprint density at radius 1 is 1.50 bits per heavy atom. The summed E-state index contributed by atoms with van der Waals surface area (Å²) in [5.41, 5.74) is -0.811. The minimum absolute atomic E-state index is 0.507. The normalized spacial score (nSPS) is 25.3. The smallest absolute Gasteiger partial charge is 0.317 e. The van der Waals surface area contributed by atoms with Crippen LogP contribution in [0.25, 0.3) is 0 Å². The minimum Gasteiger partial charge on any atom is -0.480 e. The maximum atomic E-state index is 11.3. The first kappa shape index (κ1) is 9.45. The summed E-state index contributed by atoms with van der Waals surface area (Å²) >= 11 is 0. The number of hydrogen-bond acceptors (Lipinski definition) is 4. The van der Waals surface area contributed by atoms with Crippen LogP contribution in [0, 0.1) is 5.41 Å². The highest BCUT2D eigenvalue weighted by molar-refractivity contribution is 6.05. The second kappa shape index (κ2) is 3.57. The average Bonchev–Trinajstić information content (AvgIpc) is 2.72. The van der Waals surface area contributed by atoms with E-state index in [1.165, 1.54) is 0 Å². The molecule has 5 nitrogen and oxygen atoms in total. The van der Waals surface area contributed by atoms with E-state index in [-0.39, 0.29) is 0 Å². The molecule has 0 amide bonds. The van der Waals surface area contributed by atoms with Crippen molar-refractivity contribution in [2.24, 2.45) is 10.4 Å². The lowest BCUT2D eigenvalue weighted by molar-refractivity contribution is -0.149. The number of amidine groups is 1. The summed E-state index contributed by atoms with van der Waals surface area (Å²) in [4.78, 5) is 15.5. The van der Waals surface area contributed by atoms with Crippen molar-refractivity contribution < 1.29 is 14.6 Å². The van der Waals surface area contributed by atoms with E-state index in [9.17, 15) is 9.90 Å². The van der Waals surface area contributed by atoms with Crippen LogP contribution in [0.4, 0.5) is 0 Å². The van der Waals surface area contributed by atoms with Gasteiger partial charge in [-0.3, -0.25) is 9.79 Å². The van der Waals surface area contributed by atoms with Gasteiger partial charge in [-0.05, 0) is 12.8 Å². The molecule has 78 valence electrons. The summed E-state index contributed by atoms with van der Waals surface area (Å²) < 4.78 is 5.19. The van der Waals surface area contributed by atoms with Crippen LogP contribution in [0.3, 0.4) is 0 Å². The quantitative estimate of drug-likeness (QED) is 0.648. The molecule has 0 aliphatic carbocycles. The van der Waals surface area contributed by atoms with Crippen LogP contribution in [0.2, 0.25) is 0 Å². The molecule has 2 aliphatic rings. The van der Waals surface area contributed by atoms with Crippen molar-refractivity contribution in [2.75, 3.05) is 26.3 Å². The van der Waals surface area contributed by atoms with Crippen molar-refractivity contribution in [3.8, 4) is 0 Å². The third kappa shape index (κ3) is 1.37. The number of nitrogens with zero attached hydrogens (tertiary/aromatic N) is 1. The Morgan fingerprint density at radius 3 is 2.71 bits per heavy atom. The van der Waals surface area contributed by atoms with Gasteiger partial charge in [-0.1, -0.05) is 0 Å². The molecule has 0 saturated carbocycles. The van der Waals surface area contributed by atoms with Crippen molar-refractivity contribution in [2.45, 2.75) is 12.8 Å². The topological polar surface area (TPSA) is 70.9 Å². The number of carbonyl (C=O) groups is 1. The molecule has 2 rings (SSSR count). The number of aliphatic imine (C=N–C) groups is 1. The molecule has 0 unspecified atom stereocenters. The molecule has 0 spiro atoms. The van der Waals surface area contributed by atoms with Gasteiger partial charge in [0, 0.05) is 19.8 Å². The van der Waals surface area contributed by atoms with Crippen LogP contribution in [0.15, 0.2) is 4.99 Å². The summed E-state index contributed by atoms with van der Waals surface area (Å²) in [5, 5.41) is 12.3. The van der Waals surface area contributed by atoms with Gasteiger partial charge in [-0.2, -0.15) is 0 Å². The Bertz CT molecular complexity index is 269. The third-order valence-corrected chi connectivity index (χ3v) is 2.88. The predicted octanol–water partition coefficient (Wildman–Crippen LogP) is -0.131. The fourth-order valence-corrected chi connectivity index (χ4v) is 1.99.